The van der Waals surface area contributed by atoms with E-state index in [2.05, 4.69) is 24.5 Å². The van der Waals surface area contributed by atoms with Crippen LogP contribution in [0, 0.1) is 0 Å². The number of carbonyl (C=O) groups excluding carboxylic acids is 1. The van der Waals surface area contributed by atoms with Crippen molar-refractivity contribution in [3.63, 3.8) is 0 Å². The SMILES string of the molecule is CCC(C)Nc1ccc(NC(=O)OC(C)(C)C)cc1. The lowest BCUT2D eigenvalue weighted by molar-refractivity contribution is 0.0636. The molecule has 1 aromatic carbocycles. The van der Waals surface area contributed by atoms with Gasteiger partial charge in [0.25, 0.3) is 0 Å². The van der Waals surface area contributed by atoms with E-state index in [0.717, 1.165) is 17.8 Å². The van der Waals surface area contributed by atoms with Crippen LogP contribution in [0.5, 0.6) is 0 Å². The summed E-state index contributed by atoms with van der Waals surface area (Å²) in [7, 11) is 0. The van der Waals surface area contributed by atoms with E-state index in [9.17, 15) is 4.79 Å². The van der Waals surface area contributed by atoms with Crippen molar-refractivity contribution >= 4 is 17.5 Å². The fourth-order valence-corrected chi connectivity index (χ4v) is 1.46. The maximum absolute atomic E-state index is 11.6. The highest BCUT2D eigenvalue weighted by Gasteiger charge is 2.16. The maximum Gasteiger partial charge on any atom is 0.412 e. The number of hydrogen-bond acceptors (Lipinski definition) is 3. The van der Waals surface area contributed by atoms with Crippen molar-refractivity contribution in [1.29, 1.82) is 0 Å². The van der Waals surface area contributed by atoms with Crippen molar-refractivity contribution in [2.45, 2.75) is 52.7 Å². The lowest BCUT2D eigenvalue weighted by atomic mass is 10.2. The molecule has 0 aliphatic rings. The molecule has 0 saturated heterocycles. The largest absolute Gasteiger partial charge is 0.444 e. The second kappa shape index (κ2) is 6.45. The zero-order chi connectivity index (χ0) is 14.5. The molecular formula is C15H24N2O2. The Labute approximate surface area is 115 Å². The van der Waals surface area contributed by atoms with E-state index in [1.807, 2.05) is 45.0 Å². The second-order valence-corrected chi connectivity index (χ2v) is 5.66. The summed E-state index contributed by atoms with van der Waals surface area (Å²) in [5.41, 5.74) is 1.29. The molecular weight excluding hydrogens is 240 g/mol. The van der Waals surface area contributed by atoms with Gasteiger partial charge in [-0.05, 0) is 58.4 Å². The molecule has 0 bridgehead atoms. The molecule has 0 aliphatic carbocycles. The van der Waals surface area contributed by atoms with Crippen molar-refractivity contribution in [3.05, 3.63) is 24.3 Å². The number of anilines is 2. The third-order valence-electron chi connectivity index (χ3n) is 2.56. The normalized spacial score (nSPS) is 12.7. The fraction of sp³-hybridized carbons (Fsp3) is 0.533. The molecule has 0 aliphatic heterocycles. The minimum absolute atomic E-state index is 0.435. The van der Waals surface area contributed by atoms with Crippen LogP contribution in [-0.2, 0) is 4.74 Å². The lowest BCUT2D eigenvalue weighted by Crippen LogP contribution is -2.27. The summed E-state index contributed by atoms with van der Waals surface area (Å²) in [5, 5.41) is 6.07. The Morgan fingerprint density at radius 2 is 1.74 bits per heavy atom. The second-order valence-electron chi connectivity index (χ2n) is 5.66. The van der Waals surface area contributed by atoms with E-state index in [4.69, 9.17) is 4.74 Å². The Hall–Kier alpha value is -1.71. The van der Waals surface area contributed by atoms with Crippen LogP contribution >= 0.6 is 0 Å². The Morgan fingerprint density at radius 3 is 2.21 bits per heavy atom. The zero-order valence-electron chi connectivity index (χ0n) is 12.4. The molecule has 1 rings (SSSR count). The predicted octanol–water partition coefficient (Wildman–Crippen LogP) is 4.24. The van der Waals surface area contributed by atoms with E-state index in [0.29, 0.717) is 6.04 Å². The first-order chi connectivity index (χ1) is 8.80. The number of amides is 1. The summed E-state index contributed by atoms with van der Waals surface area (Å²) in [6.45, 7) is 9.78. The molecule has 0 radical (unpaired) electrons. The van der Waals surface area contributed by atoms with Gasteiger partial charge in [0, 0.05) is 17.4 Å². The van der Waals surface area contributed by atoms with E-state index in [-0.39, 0.29) is 0 Å². The van der Waals surface area contributed by atoms with Crippen molar-refractivity contribution < 1.29 is 9.53 Å². The summed E-state index contributed by atoms with van der Waals surface area (Å²) in [6.07, 6.45) is 0.632. The minimum Gasteiger partial charge on any atom is -0.444 e. The molecule has 4 heteroatoms. The average Bonchev–Trinajstić information content (AvgIpc) is 2.29. The summed E-state index contributed by atoms with van der Waals surface area (Å²) in [5.74, 6) is 0. The average molecular weight is 264 g/mol. The lowest BCUT2D eigenvalue weighted by Gasteiger charge is -2.19. The summed E-state index contributed by atoms with van der Waals surface area (Å²) in [6, 6.07) is 8.03. The number of hydrogen-bond donors (Lipinski definition) is 2. The van der Waals surface area contributed by atoms with Gasteiger partial charge < -0.3 is 10.1 Å². The van der Waals surface area contributed by atoms with E-state index in [1.54, 1.807) is 0 Å². The highest BCUT2D eigenvalue weighted by Crippen LogP contribution is 2.16. The van der Waals surface area contributed by atoms with Gasteiger partial charge in [-0.2, -0.15) is 0 Å². The van der Waals surface area contributed by atoms with Crippen molar-refractivity contribution in [3.8, 4) is 0 Å². The number of ether oxygens (including phenoxy) is 1. The summed E-state index contributed by atoms with van der Waals surface area (Å²) < 4.78 is 5.19. The first kappa shape index (κ1) is 15.3. The van der Waals surface area contributed by atoms with Gasteiger partial charge in [-0.3, -0.25) is 5.32 Å². The van der Waals surface area contributed by atoms with Gasteiger partial charge in [0.1, 0.15) is 5.60 Å². The number of benzene rings is 1. The van der Waals surface area contributed by atoms with Gasteiger partial charge in [0.15, 0.2) is 0 Å². The van der Waals surface area contributed by atoms with E-state index >= 15 is 0 Å². The first-order valence-corrected chi connectivity index (χ1v) is 6.67. The quantitative estimate of drug-likeness (QED) is 0.855. The molecule has 0 fully saturated rings. The Bertz CT molecular complexity index is 407. The molecule has 0 heterocycles. The van der Waals surface area contributed by atoms with Gasteiger partial charge in [0.05, 0.1) is 0 Å². The first-order valence-electron chi connectivity index (χ1n) is 6.67. The molecule has 4 nitrogen and oxygen atoms in total. The Morgan fingerprint density at radius 1 is 1.21 bits per heavy atom. The molecule has 1 unspecified atom stereocenters. The highest BCUT2D eigenvalue weighted by molar-refractivity contribution is 5.85. The van der Waals surface area contributed by atoms with Crippen LogP contribution in [-0.4, -0.2) is 17.7 Å². The van der Waals surface area contributed by atoms with Crippen molar-refractivity contribution in [2.75, 3.05) is 10.6 Å². The molecule has 106 valence electrons. The van der Waals surface area contributed by atoms with Crippen LogP contribution in [0.2, 0.25) is 0 Å². The Kier molecular flexibility index (Phi) is 5.21. The zero-order valence-corrected chi connectivity index (χ0v) is 12.4. The van der Waals surface area contributed by atoms with Crippen molar-refractivity contribution in [1.82, 2.24) is 0 Å². The smallest absolute Gasteiger partial charge is 0.412 e. The van der Waals surface area contributed by atoms with Crippen LogP contribution in [0.1, 0.15) is 41.0 Å². The van der Waals surface area contributed by atoms with Crippen LogP contribution in [0.4, 0.5) is 16.2 Å². The molecule has 1 atom stereocenters. The predicted molar refractivity (Wildman–Crippen MR) is 79.7 cm³/mol. The van der Waals surface area contributed by atoms with Gasteiger partial charge in [-0.25, -0.2) is 4.79 Å². The van der Waals surface area contributed by atoms with Gasteiger partial charge >= 0.3 is 6.09 Å². The third kappa shape index (κ3) is 6.13. The number of rotatable bonds is 4. The van der Waals surface area contributed by atoms with Crippen LogP contribution in [0.15, 0.2) is 24.3 Å². The summed E-state index contributed by atoms with van der Waals surface area (Å²) in [4.78, 5) is 11.6. The van der Waals surface area contributed by atoms with Gasteiger partial charge in [-0.1, -0.05) is 6.92 Å². The molecule has 1 amide bonds. The monoisotopic (exact) mass is 264 g/mol. The molecule has 1 aromatic rings. The number of carbonyl (C=O) groups is 1. The van der Waals surface area contributed by atoms with Gasteiger partial charge in [0.2, 0.25) is 0 Å². The molecule has 0 aromatic heterocycles. The third-order valence-corrected chi connectivity index (χ3v) is 2.56. The molecule has 2 N–H and O–H groups in total. The number of nitrogens with one attached hydrogen (secondary N) is 2. The standard InChI is InChI=1S/C15H24N2O2/c1-6-11(2)16-12-7-9-13(10-8-12)17-14(18)19-15(3,4)5/h7-11,16H,6H2,1-5H3,(H,17,18). The van der Waals surface area contributed by atoms with Crippen LogP contribution in [0.3, 0.4) is 0 Å². The van der Waals surface area contributed by atoms with Crippen LogP contribution < -0.4 is 10.6 Å². The van der Waals surface area contributed by atoms with E-state index in [1.165, 1.54) is 0 Å². The molecule has 19 heavy (non-hydrogen) atoms. The molecule has 0 spiro atoms. The van der Waals surface area contributed by atoms with Crippen molar-refractivity contribution in [2.24, 2.45) is 0 Å². The van der Waals surface area contributed by atoms with Crippen LogP contribution in [0.25, 0.3) is 0 Å². The van der Waals surface area contributed by atoms with E-state index < -0.39 is 11.7 Å². The van der Waals surface area contributed by atoms with Gasteiger partial charge in [-0.15, -0.1) is 0 Å². The topological polar surface area (TPSA) is 50.4 Å². The summed E-state index contributed by atoms with van der Waals surface area (Å²) >= 11 is 0. The minimum atomic E-state index is -0.484. The maximum atomic E-state index is 11.6. The highest BCUT2D eigenvalue weighted by atomic mass is 16.6. The Balaban J connectivity index is 2.55. The fourth-order valence-electron chi connectivity index (χ4n) is 1.46. The molecule has 0 saturated carbocycles.